The van der Waals surface area contributed by atoms with Gasteiger partial charge in [-0.05, 0) is 60.5 Å². The Labute approximate surface area is 186 Å². The molecule has 0 N–H and O–H groups in total. The minimum Gasteiger partial charge on any atom is -0.0776 e. The number of hydrogen-bond donors (Lipinski definition) is 0. The van der Waals surface area contributed by atoms with E-state index in [9.17, 15) is 0 Å². The number of allylic oxidation sites excluding steroid dienone is 2. The first kappa shape index (κ1) is 32.6. The van der Waals surface area contributed by atoms with Crippen LogP contribution in [-0.4, -0.2) is 0 Å². The molecule has 0 aliphatic heterocycles. The molecule has 0 fully saturated rings. The molecule has 1 aliphatic rings. The zero-order chi connectivity index (χ0) is 22.3. The molecule has 1 aliphatic carbocycles. The monoisotopic (exact) mass is 404 g/mol. The highest BCUT2D eigenvalue weighted by Crippen LogP contribution is 2.33. The van der Waals surface area contributed by atoms with Gasteiger partial charge in [0.1, 0.15) is 0 Å². The van der Waals surface area contributed by atoms with Crippen LogP contribution in [0, 0.1) is 11.8 Å². The van der Waals surface area contributed by atoms with Crippen LogP contribution in [-0.2, 0) is 0 Å². The number of benzene rings is 1. The Bertz CT molecular complexity index is 468. The quantitative estimate of drug-likeness (QED) is 0.437. The maximum Gasteiger partial charge on any atom is -0.0216 e. The van der Waals surface area contributed by atoms with Gasteiger partial charge < -0.3 is 0 Å². The Morgan fingerprint density at radius 3 is 1.00 bits per heavy atom. The van der Waals surface area contributed by atoms with Gasteiger partial charge in [-0.15, -0.1) is 0 Å². The Balaban J connectivity index is -0.000000386. The van der Waals surface area contributed by atoms with Crippen molar-refractivity contribution in [3.05, 3.63) is 46.5 Å². The summed E-state index contributed by atoms with van der Waals surface area (Å²) in [6.07, 6.45) is 5.57. The van der Waals surface area contributed by atoms with Crippen LogP contribution >= 0.6 is 0 Å². The van der Waals surface area contributed by atoms with Gasteiger partial charge in [0.2, 0.25) is 0 Å². The average molecular weight is 405 g/mol. The van der Waals surface area contributed by atoms with Crippen LogP contribution < -0.4 is 0 Å². The molecule has 0 amide bonds. The molecular weight excluding hydrogens is 348 g/mol. The van der Waals surface area contributed by atoms with Gasteiger partial charge in [0.15, 0.2) is 0 Å². The van der Waals surface area contributed by atoms with Crippen molar-refractivity contribution in [1.82, 2.24) is 0 Å². The fraction of sp³-hybridized carbons (Fsp3) is 0.724. The van der Waals surface area contributed by atoms with Crippen LogP contribution in [0.3, 0.4) is 0 Å². The molecule has 0 spiro atoms. The molecule has 0 radical (unpaired) electrons. The van der Waals surface area contributed by atoms with Crippen molar-refractivity contribution < 1.29 is 0 Å². The summed E-state index contributed by atoms with van der Waals surface area (Å²) in [5.41, 5.74) is 6.51. The standard InChI is InChI=1S/C12H22.C12H18.2C2H6.CH4/c2*1-9(2)11-7-5-6-8-12(11)10(3)4;2*1-2;/h9-10H,5-8H2,1-4H3;5-10H,1-4H3;2*1-2H3;1H4. The highest BCUT2D eigenvalue weighted by Gasteiger charge is 2.16. The second-order valence-corrected chi connectivity index (χ2v) is 8.51. The Hall–Kier alpha value is -1.04. The normalized spacial score (nSPS) is 13.1. The zero-order valence-electron chi connectivity index (χ0n) is 21.4. The van der Waals surface area contributed by atoms with Crippen molar-refractivity contribution in [3.8, 4) is 0 Å². The molecule has 0 atom stereocenters. The molecule has 1 aromatic rings. The summed E-state index contributed by atoms with van der Waals surface area (Å²) in [7, 11) is 0. The van der Waals surface area contributed by atoms with E-state index in [1.807, 2.05) is 27.7 Å². The van der Waals surface area contributed by atoms with Crippen LogP contribution in [0.15, 0.2) is 35.4 Å². The molecule has 2 rings (SSSR count). The second kappa shape index (κ2) is 19.0. The zero-order valence-corrected chi connectivity index (χ0v) is 21.4. The third-order valence-electron chi connectivity index (χ3n) is 5.19. The van der Waals surface area contributed by atoms with Gasteiger partial charge in [0.05, 0.1) is 0 Å². The van der Waals surface area contributed by atoms with E-state index >= 15 is 0 Å². The van der Waals surface area contributed by atoms with E-state index in [1.165, 1.54) is 36.8 Å². The van der Waals surface area contributed by atoms with Crippen molar-refractivity contribution in [2.75, 3.05) is 0 Å². The summed E-state index contributed by atoms with van der Waals surface area (Å²) < 4.78 is 0. The summed E-state index contributed by atoms with van der Waals surface area (Å²) in [6.45, 7) is 26.4. The summed E-state index contributed by atoms with van der Waals surface area (Å²) >= 11 is 0. The van der Waals surface area contributed by atoms with Crippen molar-refractivity contribution in [3.63, 3.8) is 0 Å². The molecule has 0 nitrogen and oxygen atoms in total. The SMILES string of the molecule is C.CC.CC.CC(C)C1=C(C(C)C)CCCC1.CC(C)c1ccccc1C(C)C. The molecule has 0 bridgehead atoms. The maximum atomic E-state index is 2.34. The van der Waals surface area contributed by atoms with Gasteiger partial charge in [-0.1, -0.05) is 126 Å². The Kier molecular flexibility index (Phi) is 21.3. The van der Waals surface area contributed by atoms with Crippen LogP contribution in [0.5, 0.6) is 0 Å². The first-order valence-electron chi connectivity index (χ1n) is 12.1. The summed E-state index contributed by atoms with van der Waals surface area (Å²) in [4.78, 5) is 0. The van der Waals surface area contributed by atoms with E-state index in [4.69, 9.17) is 0 Å². The fourth-order valence-electron chi connectivity index (χ4n) is 3.83. The first-order chi connectivity index (χ1) is 13.3. The maximum absolute atomic E-state index is 2.34. The summed E-state index contributed by atoms with van der Waals surface area (Å²) in [5, 5.41) is 0. The van der Waals surface area contributed by atoms with E-state index < -0.39 is 0 Å². The van der Waals surface area contributed by atoms with Crippen molar-refractivity contribution >= 4 is 0 Å². The molecular formula is C29H56. The lowest BCUT2D eigenvalue weighted by Crippen LogP contribution is -2.09. The topological polar surface area (TPSA) is 0 Å². The Morgan fingerprint density at radius 1 is 0.517 bits per heavy atom. The molecule has 0 unspecified atom stereocenters. The van der Waals surface area contributed by atoms with Gasteiger partial charge >= 0.3 is 0 Å². The fourth-order valence-corrected chi connectivity index (χ4v) is 3.83. The first-order valence-corrected chi connectivity index (χ1v) is 12.1. The van der Waals surface area contributed by atoms with Crippen LogP contribution in [0.2, 0.25) is 0 Å². The van der Waals surface area contributed by atoms with Gasteiger partial charge in [0.25, 0.3) is 0 Å². The van der Waals surface area contributed by atoms with Gasteiger partial charge in [0, 0.05) is 0 Å². The van der Waals surface area contributed by atoms with E-state index in [1.54, 1.807) is 11.1 Å². The van der Waals surface area contributed by atoms with E-state index in [-0.39, 0.29) is 7.43 Å². The molecule has 1 aromatic carbocycles. The lowest BCUT2D eigenvalue weighted by molar-refractivity contribution is 0.549. The van der Waals surface area contributed by atoms with Crippen LogP contribution in [0.1, 0.15) is 139 Å². The molecule has 0 aromatic heterocycles. The molecule has 0 heterocycles. The van der Waals surface area contributed by atoms with E-state index in [2.05, 4.69) is 79.7 Å². The predicted octanol–water partition coefficient (Wildman–Crippen LogP) is 10.8. The number of rotatable bonds is 4. The largest absolute Gasteiger partial charge is 0.0776 e. The van der Waals surface area contributed by atoms with Crippen molar-refractivity contribution in [1.29, 1.82) is 0 Å². The van der Waals surface area contributed by atoms with Crippen LogP contribution in [0.25, 0.3) is 0 Å². The molecule has 172 valence electrons. The summed E-state index contributed by atoms with van der Waals surface area (Å²) in [5.74, 6) is 2.84. The second-order valence-electron chi connectivity index (χ2n) is 8.51. The highest BCUT2D eigenvalue weighted by atomic mass is 14.2. The molecule has 0 saturated carbocycles. The minimum atomic E-state index is 0. The van der Waals surface area contributed by atoms with Gasteiger partial charge in [-0.2, -0.15) is 0 Å². The van der Waals surface area contributed by atoms with E-state index in [0.29, 0.717) is 11.8 Å². The lowest BCUT2D eigenvalue weighted by atomic mass is 9.81. The van der Waals surface area contributed by atoms with Crippen molar-refractivity contribution in [2.24, 2.45) is 11.8 Å². The average Bonchev–Trinajstić information content (AvgIpc) is 2.71. The third kappa shape index (κ3) is 12.3. The number of hydrogen-bond acceptors (Lipinski definition) is 0. The van der Waals surface area contributed by atoms with Crippen LogP contribution in [0.4, 0.5) is 0 Å². The molecule has 29 heavy (non-hydrogen) atoms. The smallest absolute Gasteiger partial charge is 0.0216 e. The third-order valence-corrected chi connectivity index (χ3v) is 5.19. The van der Waals surface area contributed by atoms with E-state index in [0.717, 1.165) is 11.8 Å². The highest BCUT2D eigenvalue weighted by molar-refractivity contribution is 5.31. The lowest BCUT2D eigenvalue weighted by Gasteiger charge is -2.25. The molecule has 0 saturated heterocycles. The van der Waals surface area contributed by atoms with Gasteiger partial charge in [-0.25, -0.2) is 0 Å². The molecule has 0 heteroatoms. The predicted molar refractivity (Wildman–Crippen MR) is 139 cm³/mol. The summed E-state index contributed by atoms with van der Waals surface area (Å²) in [6, 6.07) is 8.72. The minimum absolute atomic E-state index is 0. The Morgan fingerprint density at radius 2 is 0.793 bits per heavy atom. The van der Waals surface area contributed by atoms with Gasteiger partial charge in [-0.3, -0.25) is 0 Å². The van der Waals surface area contributed by atoms with Crippen molar-refractivity contribution in [2.45, 2.75) is 128 Å².